The van der Waals surface area contributed by atoms with Crippen molar-refractivity contribution in [2.45, 2.75) is 52.0 Å². The van der Waals surface area contributed by atoms with Crippen molar-refractivity contribution in [1.82, 2.24) is 24.4 Å². The average Bonchev–Trinajstić information content (AvgIpc) is 3.20. The number of unbranched alkanes of at least 4 members (excludes halogenated alkanes) is 2. The number of anilines is 1. The molecule has 0 aliphatic carbocycles. The van der Waals surface area contributed by atoms with Crippen LogP contribution in [0.5, 0.6) is 5.75 Å². The van der Waals surface area contributed by atoms with Crippen LogP contribution in [0.25, 0.3) is 11.1 Å². The van der Waals surface area contributed by atoms with Crippen LogP contribution in [-0.2, 0) is 30.9 Å². The summed E-state index contributed by atoms with van der Waals surface area (Å²) in [5.41, 5.74) is 3.54. The Hall–Kier alpha value is -4.50. The maximum Gasteiger partial charge on any atom is 0.429 e. The van der Waals surface area contributed by atoms with Crippen LogP contribution in [0.3, 0.4) is 0 Å². The Morgan fingerprint density at radius 2 is 1.53 bits per heavy atom. The summed E-state index contributed by atoms with van der Waals surface area (Å²) in [5, 5.41) is 16.3. The van der Waals surface area contributed by atoms with Crippen LogP contribution in [-0.4, -0.2) is 122 Å². The van der Waals surface area contributed by atoms with E-state index in [9.17, 15) is 27.9 Å². The van der Waals surface area contributed by atoms with Gasteiger partial charge in [-0.15, -0.1) is 0 Å². The summed E-state index contributed by atoms with van der Waals surface area (Å²) in [6.45, 7) is 6.27. The molecule has 297 valence electrons. The Morgan fingerprint density at radius 1 is 0.836 bits per heavy atom. The number of carbonyl (C=O) groups excluding carboxylic acids is 3. The summed E-state index contributed by atoms with van der Waals surface area (Å²) in [6, 6.07) is 24.5. The van der Waals surface area contributed by atoms with Gasteiger partial charge in [0, 0.05) is 64.5 Å². The highest BCUT2D eigenvalue weighted by Crippen LogP contribution is 2.33. The van der Waals surface area contributed by atoms with Gasteiger partial charge in [-0.1, -0.05) is 60.7 Å². The Labute approximate surface area is 325 Å². The molecule has 5 rings (SSSR count). The quantitative estimate of drug-likeness (QED) is 0.173. The molecular weight excluding hydrogens is 721 g/mol. The molecule has 0 saturated carbocycles. The molecule has 14 heteroatoms. The number of amides is 3. The van der Waals surface area contributed by atoms with Gasteiger partial charge in [0.15, 0.2) is 0 Å². The maximum atomic E-state index is 13.6. The predicted octanol–water partition coefficient (Wildman–Crippen LogP) is 4.89. The van der Waals surface area contributed by atoms with Crippen molar-refractivity contribution in [3.63, 3.8) is 0 Å². The molecule has 2 saturated heterocycles. The number of benzene rings is 3. The van der Waals surface area contributed by atoms with Crippen LogP contribution in [0.2, 0.25) is 0 Å². The largest absolute Gasteiger partial charge is 0.508 e. The van der Waals surface area contributed by atoms with Crippen LogP contribution >= 0.6 is 0 Å². The first-order chi connectivity index (χ1) is 26.6. The lowest BCUT2D eigenvalue weighted by atomic mass is 10.0. The number of piperidine rings is 1. The number of ether oxygens (including phenoxy) is 1. The van der Waals surface area contributed by atoms with E-state index in [1.807, 2.05) is 64.5 Å². The molecule has 2 heterocycles. The van der Waals surface area contributed by atoms with Gasteiger partial charge in [0.25, 0.3) is 0 Å². The van der Waals surface area contributed by atoms with Gasteiger partial charge in [0.05, 0.1) is 24.4 Å². The SMILES string of the molecule is CCS(=O)(=O)N1CCN(CC(=O)N(CCCCCNC(=O)CCOC(=O)N(c2ccccc2-c2ccccc2)N2CC[CH]CC2)Cc2ccc(O)cc2)CC1. The fourth-order valence-corrected chi connectivity index (χ4v) is 7.87. The molecule has 2 aliphatic heterocycles. The molecule has 13 nitrogen and oxygen atoms in total. The average molecular weight is 776 g/mol. The van der Waals surface area contributed by atoms with Gasteiger partial charge in [-0.2, -0.15) is 4.31 Å². The number of piperazine rings is 1. The van der Waals surface area contributed by atoms with Crippen molar-refractivity contribution < 1.29 is 32.6 Å². The van der Waals surface area contributed by atoms with Crippen LogP contribution in [0.1, 0.15) is 51.0 Å². The number of para-hydroxylation sites is 1. The highest BCUT2D eigenvalue weighted by molar-refractivity contribution is 7.89. The summed E-state index contributed by atoms with van der Waals surface area (Å²) < 4.78 is 31.7. The number of sulfonamides is 1. The molecule has 3 aromatic carbocycles. The minimum atomic E-state index is -3.25. The number of carbonyl (C=O) groups is 3. The predicted molar refractivity (Wildman–Crippen MR) is 213 cm³/mol. The Morgan fingerprint density at radius 3 is 2.24 bits per heavy atom. The number of rotatable bonds is 18. The van der Waals surface area contributed by atoms with Gasteiger partial charge in [0.1, 0.15) is 12.4 Å². The van der Waals surface area contributed by atoms with Gasteiger partial charge in [0.2, 0.25) is 21.8 Å². The summed E-state index contributed by atoms with van der Waals surface area (Å²) in [7, 11) is -3.25. The van der Waals surface area contributed by atoms with E-state index in [1.54, 1.807) is 41.1 Å². The third-order valence-electron chi connectivity index (χ3n) is 9.95. The minimum absolute atomic E-state index is 0.0385. The molecule has 0 spiro atoms. The van der Waals surface area contributed by atoms with Crippen LogP contribution in [0.15, 0.2) is 78.9 Å². The fourth-order valence-electron chi connectivity index (χ4n) is 6.79. The molecule has 55 heavy (non-hydrogen) atoms. The molecule has 1 radical (unpaired) electrons. The molecule has 3 aromatic rings. The topological polar surface area (TPSA) is 143 Å². The fraction of sp³-hybridized carbons (Fsp3) is 0.463. The zero-order valence-electron chi connectivity index (χ0n) is 31.9. The molecule has 0 unspecified atom stereocenters. The van der Waals surface area contributed by atoms with Gasteiger partial charge >= 0.3 is 6.09 Å². The lowest BCUT2D eigenvalue weighted by Gasteiger charge is -2.37. The van der Waals surface area contributed by atoms with Crippen molar-refractivity contribution >= 4 is 33.6 Å². The highest BCUT2D eigenvalue weighted by atomic mass is 32.2. The third kappa shape index (κ3) is 12.5. The number of phenols is 1. The van der Waals surface area contributed by atoms with E-state index in [-0.39, 0.29) is 42.9 Å². The van der Waals surface area contributed by atoms with Crippen molar-refractivity contribution in [2.75, 3.05) is 76.3 Å². The summed E-state index contributed by atoms with van der Waals surface area (Å²) in [6.07, 6.45) is 5.70. The van der Waals surface area contributed by atoms with Gasteiger partial charge in [-0.3, -0.25) is 14.5 Å². The number of hydrazine groups is 1. The van der Waals surface area contributed by atoms with Gasteiger partial charge < -0.3 is 20.1 Å². The first-order valence-corrected chi connectivity index (χ1v) is 21.0. The number of hydrogen-bond donors (Lipinski definition) is 2. The summed E-state index contributed by atoms with van der Waals surface area (Å²) in [5.74, 6) is -0.0190. The van der Waals surface area contributed by atoms with Crippen LogP contribution in [0, 0.1) is 6.42 Å². The Bertz CT molecular complexity index is 1780. The lowest BCUT2D eigenvalue weighted by Crippen LogP contribution is -2.51. The molecule has 2 N–H and O–H groups in total. The standard InChI is InChI=1S/C41H55N6O7S/c1-2-55(52,53)46-29-27-43(28-30-46)33-40(50)44(32-34-18-20-36(48)21-19-34)24-11-4-10-23-42-39(49)22-31-54-41(51)47(45-25-12-5-13-26-45)38-17-9-8-16-37(38)35-14-6-3-7-15-35/h3,5-9,14-21,48H,2,4,10-13,22-33H2,1H3,(H,42,49). The lowest BCUT2D eigenvalue weighted by molar-refractivity contribution is -0.133. The Kier molecular flexibility index (Phi) is 15.9. The molecule has 0 bridgehead atoms. The van der Waals surface area contributed by atoms with Crippen molar-refractivity contribution in [2.24, 2.45) is 0 Å². The molecule has 2 fully saturated rings. The molecule has 0 aromatic heterocycles. The summed E-state index contributed by atoms with van der Waals surface area (Å²) >= 11 is 0. The van der Waals surface area contributed by atoms with E-state index in [0.717, 1.165) is 54.5 Å². The van der Waals surface area contributed by atoms with E-state index in [4.69, 9.17) is 4.74 Å². The first kappa shape index (κ1) is 41.7. The second-order valence-electron chi connectivity index (χ2n) is 13.8. The van der Waals surface area contributed by atoms with Gasteiger partial charge in [-0.25, -0.2) is 23.2 Å². The second kappa shape index (κ2) is 21.0. The Balaban J connectivity index is 1.06. The number of phenolic OH excluding ortho intramolecular Hbond substituents is 1. The summed E-state index contributed by atoms with van der Waals surface area (Å²) in [4.78, 5) is 43.6. The first-order valence-electron chi connectivity index (χ1n) is 19.3. The van der Waals surface area contributed by atoms with Gasteiger partial charge in [-0.05, 0) is 74.8 Å². The highest BCUT2D eigenvalue weighted by Gasteiger charge is 2.29. The number of hydrogen-bond acceptors (Lipinski definition) is 9. The minimum Gasteiger partial charge on any atom is -0.508 e. The number of aromatic hydroxyl groups is 1. The zero-order valence-corrected chi connectivity index (χ0v) is 32.7. The third-order valence-corrected chi connectivity index (χ3v) is 11.8. The zero-order chi connectivity index (χ0) is 39.0. The van der Waals surface area contributed by atoms with Crippen molar-refractivity contribution in [3.05, 3.63) is 90.8 Å². The normalized spacial score (nSPS) is 15.7. The molecule has 0 atom stereocenters. The van der Waals surface area contributed by atoms with E-state index in [0.29, 0.717) is 58.9 Å². The van der Waals surface area contributed by atoms with Crippen LogP contribution in [0.4, 0.5) is 10.5 Å². The smallest absolute Gasteiger partial charge is 0.429 e. The second-order valence-corrected chi connectivity index (χ2v) is 16.1. The molecule has 3 amide bonds. The number of nitrogens with one attached hydrogen (secondary N) is 1. The van der Waals surface area contributed by atoms with Crippen molar-refractivity contribution in [1.29, 1.82) is 0 Å². The van der Waals surface area contributed by atoms with E-state index < -0.39 is 16.1 Å². The van der Waals surface area contributed by atoms with E-state index >= 15 is 0 Å². The monoisotopic (exact) mass is 775 g/mol. The van der Waals surface area contributed by atoms with E-state index in [2.05, 4.69) is 11.7 Å². The maximum absolute atomic E-state index is 13.6. The van der Waals surface area contributed by atoms with Crippen LogP contribution < -0.4 is 10.3 Å². The number of nitrogens with zero attached hydrogens (tertiary/aromatic N) is 5. The molecule has 2 aliphatic rings. The molecular formula is C41H55N6O7S. The van der Waals surface area contributed by atoms with E-state index in [1.165, 1.54) is 4.31 Å². The van der Waals surface area contributed by atoms with Crippen molar-refractivity contribution in [3.8, 4) is 16.9 Å².